The van der Waals surface area contributed by atoms with Gasteiger partial charge in [-0.3, -0.25) is 4.79 Å². The van der Waals surface area contributed by atoms with E-state index in [-0.39, 0.29) is 23.4 Å². The fourth-order valence-electron chi connectivity index (χ4n) is 1.87. The maximum atomic E-state index is 13.1. The lowest BCUT2D eigenvalue weighted by atomic mass is 10.0. The minimum Gasteiger partial charge on any atom is -0.294 e. The quantitative estimate of drug-likeness (QED) is 0.756. The molecule has 0 aliphatic rings. The summed E-state index contributed by atoms with van der Waals surface area (Å²) >= 11 is 5.70. The second kappa shape index (κ2) is 6.09. The van der Waals surface area contributed by atoms with Crippen molar-refractivity contribution in [1.82, 2.24) is 0 Å². The molecule has 0 saturated heterocycles. The Kier molecular flexibility index (Phi) is 4.45. The molecular formula is C15H10ClF3O. The minimum absolute atomic E-state index is 0.0165. The van der Waals surface area contributed by atoms with Crippen molar-refractivity contribution in [1.29, 1.82) is 0 Å². The van der Waals surface area contributed by atoms with Crippen LogP contribution in [0.5, 0.6) is 0 Å². The van der Waals surface area contributed by atoms with E-state index >= 15 is 0 Å². The van der Waals surface area contributed by atoms with Gasteiger partial charge >= 0.3 is 0 Å². The fraction of sp³-hybridized carbons (Fsp3) is 0.133. The van der Waals surface area contributed by atoms with E-state index in [9.17, 15) is 18.0 Å². The smallest absolute Gasteiger partial charge is 0.163 e. The summed E-state index contributed by atoms with van der Waals surface area (Å²) in [5.74, 6) is -2.51. The van der Waals surface area contributed by atoms with Gasteiger partial charge in [-0.2, -0.15) is 0 Å². The van der Waals surface area contributed by atoms with Gasteiger partial charge in [0.2, 0.25) is 0 Å². The molecule has 0 spiro atoms. The van der Waals surface area contributed by atoms with E-state index in [1.807, 2.05) is 0 Å². The van der Waals surface area contributed by atoms with E-state index < -0.39 is 23.2 Å². The van der Waals surface area contributed by atoms with Crippen molar-refractivity contribution in [2.24, 2.45) is 0 Å². The molecule has 0 atom stereocenters. The van der Waals surface area contributed by atoms with E-state index in [1.165, 1.54) is 6.07 Å². The first-order chi connectivity index (χ1) is 9.44. The Bertz CT molecular complexity index is 615. The molecule has 0 aliphatic carbocycles. The molecule has 5 heteroatoms. The molecule has 20 heavy (non-hydrogen) atoms. The maximum Gasteiger partial charge on any atom is 0.163 e. The summed E-state index contributed by atoms with van der Waals surface area (Å²) in [5.41, 5.74) is 0.519. The first-order valence-electron chi connectivity index (χ1n) is 5.88. The molecule has 0 fully saturated rings. The van der Waals surface area contributed by atoms with Crippen LogP contribution in [-0.4, -0.2) is 5.78 Å². The summed E-state index contributed by atoms with van der Waals surface area (Å²) in [6.45, 7) is 0. The van der Waals surface area contributed by atoms with Crippen molar-refractivity contribution in [2.75, 3.05) is 0 Å². The lowest BCUT2D eigenvalue weighted by molar-refractivity contribution is 0.0982. The molecule has 2 aromatic carbocycles. The second-order valence-electron chi connectivity index (χ2n) is 4.36. The van der Waals surface area contributed by atoms with Crippen LogP contribution in [0.15, 0.2) is 36.4 Å². The summed E-state index contributed by atoms with van der Waals surface area (Å²) in [7, 11) is 0. The van der Waals surface area contributed by atoms with E-state index in [4.69, 9.17) is 11.6 Å². The predicted octanol–water partition coefficient (Wildman–Crippen LogP) is 4.57. The maximum absolute atomic E-state index is 13.1. The molecule has 0 amide bonds. The van der Waals surface area contributed by atoms with Crippen LogP contribution in [0.3, 0.4) is 0 Å². The average molecular weight is 299 g/mol. The Morgan fingerprint density at radius 3 is 2.10 bits per heavy atom. The average Bonchev–Trinajstić information content (AvgIpc) is 2.33. The lowest BCUT2D eigenvalue weighted by Gasteiger charge is -2.04. The number of carbonyl (C=O) groups excluding carboxylic acids is 1. The predicted molar refractivity (Wildman–Crippen MR) is 70.4 cm³/mol. The molecule has 0 bridgehead atoms. The van der Waals surface area contributed by atoms with Gasteiger partial charge in [-0.1, -0.05) is 11.6 Å². The molecule has 0 saturated carbocycles. The Morgan fingerprint density at radius 2 is 1.50 bits per heavy atom. The number of aryl methyl sites for hydroxylation is 1. The van der Waals surface area contributed by atoms with E-state index in [0.29, 0.717) is 11.6 Å². The zero-order valence-corrected chi connectivity index (χ0v) is 11.1. The number of ketones is 1. The van der Waals surface area contributed by atoms with Gasteiger partial charge in [0.05, 0.1) is 0 Å². The van der Waals surface area contributed by atoms with Crippen LogP contribution in [0.25, 0.3) is 0 Å². The summed E-state index contributed by atoms with van der Waals surface area (Å²) in [6, 6.07) is 6.63. The first kappa shape index (κ1) is 14.6. The highest BCUT2D eigenvalue weighted by molar-refractivity contribution is 6.30. The van der Waals surface area contributed by atoms with Gasteiger partial charge in [-0.15, -0.1) is 0 Å². The number of rotatable bonds is 4. The second-order valence-corrected chi connectivity index (χ2v) is 4.80. The molecule has 104 valence electrons. The van der Waals surface area contributed by atoms with Crippen molar-refractivity contribution >= 4 is 17.4 Å². The zero-order valence-electron chi connectivity index (χ0n) is 10.3. The molecule has 0 aliphatic heterocycles. The molecule has 0 unspecified atom stereocenters. The molecular weight excluding hydrogens is 289 g/mol. The van der Waals surface area contributed by atoms with Crippen molar-refractivity contribution in [3.05, 3.63) is 70.0 Å². The summed E-state index contributed by atoms with van der Waals surface area (Å²) < 4.78 is 39.1. The van der Waals surface area contributed by atoms with Gasteiger partial charge < -0.3 is 0 Å². The fourth-order valence-corrected chi connectivity index (χ4v) is 2.12. The Morgan fingerprint density at radius 1 is 0.900 bits per heavy atom. The summed E-state index contributed by atoms with van der Waals surface area (Å²) in [5, 5.41) is 0.240. The topological polar surface area (TPSA) is 17.1 Å². The number of halogens is 4. The van der Waals surface area contributed by atoms with Gasteiger partial charge in [0, 0.05) is 23.1 Å². The van der Waals surface area contributed by atoms with Gasteiger partial charge in [0.15, 0.2) is 5.78 Å². The zero-order chi connectivity index (χ0) is 14.7. The number of Topliss-reactive ketones (excluding diaryl/α,β-unsaturated/α-hetero) is 1. The Hall–Kier alpha value is -1.81. The third kappa shape index (κ3) is 3.84. The van der Waals surface area contributed by atoms with Crippen LogP contribution in [-0.2, 0) is 6.42 Å². The van der Waals surface area contributed by atoms with Crippen LogP contribution < -0.4 is 0 Å². The first-order valence-corrected chi connectivity index (χ1v) is 6.26. The Balaban J connectivity index is 2.08. The third-order valence-corrected chi connectivity index (χ3v) is 2.97. The summed E-state index contributed by atoms with van der Waals surface area (Å²) in [6.07, 6.45) is 0.261. The van der Waals surface area contributed by atoms with Crippen LogP contribution in [0.4, 0.5) is 13.2 Å². The molecule has 2 rings (SSSR count). The highest BCUT2D eigenvalue weighted by atomic mass is 35.5. The minimum atomic E-state index is -0.804. The third-order valence-electron chi connectivity index (χ3n) is 2.75. The van der Waals surface area contributed by atoms with Crippen molar-refractivity contribution < 1.29 is 18.0 Å². The van der Waals surface area contributed by atoms with Crippen LogP contribution in [0.1, 0.15) is 22.3 Å². The molecule has 1 nitrogen and oxygen atoms in total. The highest BCUT2D eigenvalue weighted by Gasteiger charge is 2.10. The van der Waals surface area contributed by atoms with Gasteiger partial charge in [-0.25, -0.2) is 13.2 Å². The van der Waals surface area contributed by atoms with E-state index in [1.54, 1.807) is 6.07 Å². The number of hydrogen-bond acceptors (Lipinski definition) is 1. The molecule has 0 aromatic heterocycles. The van der Waals surface area contributed by atoms with Crippen LogP contribution >= 0.6 is 11.6 Å². The number of carbonyl (C=O) groups is 1. The van der Waals surface area contributed by atoms with E-state index in [2.05, 4.69) is 0 Å². The van der Waals surface area contributed by atoms with Gasteiger partial charge in [0.25, 0.3) is 0 Å². The van der Waals surface area contributed by atoms with Crippen molar-refractivity contribution in [2.45, 2.75) is 12.8 Å². The molecule has 0 radical (unpaired) electrons. The highest BCUT2D eigenvalue weighted by Crippen LogP contribution is 2.17. The molecule has 0 heterocycles. The van der Waals surface area contributed by atoms with Gasteiger partial charge in [-0.05, 0) is 42.3 Å². The standard InChI is InChI=1S/C15H10ClF3O/c16-11-3-9(4-12(17)7-11)1-2-15(20)10-5-13(18)8-14(19)6-10/h3-8H,1-2H2. The van der Waals surface area contributed by atoms with Crippen molar-refractivity contribution in [3.63, 3.8) is 0 Å². The van der Waals surface area contributed by atoms with Crippen LogP contribution in [0.2, 0.25) is 5.02 Å². The largest absolute Gasteiger partial charge is 0.294 e. The summed E-state index contributed by atoms with van der Waals surface area (Å²) in [4.78, 5) is 11.8. The van der Waals surface area contributed by atoms with Gasteiger partial charge in [0.1, 0.15) is 17.5 Å². The normalized spacial score (nSPS) is 10.6. The molecule has 0 N–H and O–H groups in total. The number of hydrogen-bond donors (Lipinski definition) is 0. The monoisotopic (exact) mass is 298 g/mol. The lowest BCUT2D eigenvalue weighted by Crippen LogP contribution is -2.03. The SMILES string of the molecule is O=C(CCc1cc(F)cc(Cl)c1)c1cc(F)cc(F)c1. The Labute approximate surface area is 119 Å². The van der Waals surface area contributed by atoms with E-state index in [0.717, 1.165) is 18.2 Å². The van der Waals surface area contributed by atoms with Crippen molar-refractivity contribution in [3.8, 4) is 0 Å². The number of benzene rings is 2. The molecule has 2 aromatic rings. The van der Waals surface area contributed by atoms with Crippen LogP contribution in [0, 0.1) is 17.5 Å².